The van der Waals surface area contributed by atoms with Gasteiger partial charge in [-0.15, -0.1) is 0 Å². The molecule has 0 aliphatic carbocycles. The quantitative estimate of drug-likeness (QED) is 0.474. The van der Waals surface area contributed by atoms with E-state index in [1.54, 1.807) is 11.8 Å². The van der Waals surface area contributed by atoms with Crippen molar-refractivity contribution in [2.75, 3.05) is 6.61 Å². The molecule has 4 heteroatoms. The number of unbranched alkanes of at least 4 members (excludes halogenated alkanes) is 3. The third-order valence-corrected chi connectivity index (χ3v) is 3.52. The Kier molecular flexibility index (Phi) is 9.38. The Bertz CT molecular complexity index is 345. The second-order valence-electron chi connectivity index (χ2n) is 7.45. The van der Waals surface area contributed by atoms with Gasteiger partial charge in [0.05, 0.1) is 6.61 Å². The van der Waals surface area contributed by atoms with Crippen molar-refractivity contribution < 1.29 is 14.3 Å². The number of carbonyl (C=O) groups is 2. The topological polar surface area (TPSA) is 46.6 Å². The Morgan fingerprint density at radius 1 is 1.05 bits per heavy atom. The van der Waals surface area contributed by atoms with E-state index in [0.29, 0.717) is 18.9 Å². The van der Waals surface area contributed by atoms with Gasteiger partial charge in [0.1, 0.15) is 6.04 Å². The van der Waals surface area contributed by atoms with Crippen LogP contribution in [0, 0.1) is 5.92 Å². The molecular weight excluding hydrogens is 278 g/mol. The van der Waals surface area contributed by atoms with Gasteiger partial charge in [0.2, 0.25) is 5.91 Å². The molecule has 130 valence electrons. The summed E-state index contributed by atoms with van der Waals surface area (Å²) in [6.45, 7) is 14.2. The summed E-state index contributed by atoms with van der Waals surface area (Å²) in [5.74, 6) is 0.0205. The minimum atomic E-state index is -0.544. The molecule has 0 aromatic rings. The molecule has 1 atom stereocenters. The predicted octanol–water partition coefficient (Wildman–Crippen LogP) is 4.17. The van der Waals surface area contributed by atoms with Crippen LogP contribution in [0.15, 0.2) is 0 Å². The Morgan fingerprint density at radius 2 is 1.64 bits per heavy atom. The van der Waals surface area contributed by atoms with E-state index in [2.05, 4.69) is 6.92 Å². The Hall–Kier alpha value is -1.06. The van der Waals surface area contributed by atoms with Crippen molar-refractivity contribution in [2.24, 2.45) is 5.92 Å². The first-order valence-corrected chi connectivity index (χ1v) is 8.60. The van der Waals surface area contributed by atoms with Gasteiger partial charge in [-0.3, -0.25) is 4.79 Å². The van der Waals surface area contributed by atoms with Crippen LogP contribution in [0.1, 0.15) is 80.6 Å². The lowest BCUT2D eigenvalue weighted by atomic mass is 10.0. The molecule has 0 aliphatic heterocycles. The first-order valence-electron chi connectivity index (χ1n) is 8.60. The molecule has 0 aromatic carbocycles. The van der Waals surface area contributed by atoms with E-state index >= 15 is 0 Å². The molecule has 0 aromatic heterocycles. The molecule has 0 saturated carbocycles. The number of rotatable bonds is 9. The van der Waals surface area contributed by atoms with Gasteiger partial charge in [-0.2, -0.15) is 0 Å². The van der Waals surface area contributed by atoms with Crippen molar-refractivity contribution in [3.8, 4) is 0 Å². The first-order chi connectivity index (χ1) is 10.1. The van der Waals surface area contributed by atoms with Crippen LogP contribution in [0.3, 0.4) is 0 Å². The summed E-state index contributed by atoms with van der Waals surface area (Å²) < 4.78 is 5.30. The lowest BCUT2D eigenvalue weighted by Gasteiger charge is -2.39. The van der Waals surface area contributed by atoms with Crippen LogP contribution in [0.25, 0.3) is 0 Å². The molecule has 0 saturated heterocycles. The summed E-state index contributed by atoms with van der Waals surface area (Å²) in [6, 6.07) is -0.544. The molecule has 0 rings (SSSR count). The number of carbonyl (C=O) groups excluding carboxylic acids is 2. The van der Waals surface area contributed by atoms with Crippen molar-refractivity contribution in [3.05, 3.63) is 0 Å². The highest BCUT2D eigenvalue weighted by Crippen LogP contribution is 2.21. The minimum absolute atomic E-state index is 0.0394. The SMILES string of the molecule is CCCCCCC(=O)N(C(C)C(=O)OCC(C)C)C(C)(C)C. The lowest BCUT2D eigenvalue weighted by molar-refractivity contribution is -0.159. The summed E-state index contributed by atoms with van der Waals surface area (Å²) in [7, 11) is 0. The van der Waals surface area contributed by atoms with Gasteiger partial charge < -0.3 is 9.64 Å². The van der Waals surface area contributed by atoms with Crippen LogP contribution >= 0.6 is 0 Å². The van der Waals surface area contributed by atoms with Gasteiger partial charge >= 0.3 is 5.97 Å². The van der Waals surface area contributed by atoms with Gasteiger partial charge in [-0.05, 0) is 40.0 Å². The zero-order valence-corrected chi connectivity index (χ0v) is 15.6. The lowest BCUT2D eigenvalue weighted by Crippen LogP contribution is -2.54. The molecule has 1 amide bonds. The molecule has 0 aliphatic rings. The summed E-state index contributed by atoms with van der Waals surface area (Å²) in [4.78, 5) is 26.4. The first kappa shape index (κ1) is 20.9. The number of esters is 1. The molecule has 0 radical (unpaired) electrons. The minimum Gasteiger partial charge on any atom is -0.464 e. The summed E-state index contributed by atoms with van der Waals surface area (Å²) >= 11 is 0. The van der Waals surface area contributed by atoms with Crippen LogP contribution in [0.5, 0.6) is 0 Å². The molecule has 0 heterocycles. The molecule has 0 bridgehead atoms. The molecule has 0 spiro atoms. The molecular formula is C18H35NO3. The fourth-order valence-electron chi connectivity index (χ4n) is 2.47. The largest absolute Gasteiger partial charge is 0.464 e. The second kappa shape index (κ2) is 9.86. The van der Waals surface area contributed by atoms with E-state index in [4.69, 9.17) is 4.74 Å². The number of hydrogen-bond donors (Lipinski definition) is 0. The number of hydrogen-bond acceptors (Lipinski definition) is 3. The van der Waals surface area contributed by atoms with E-state index < -0.39 is 11.6 Å². The molecule has 1 unspecified atom stereocenters. The average molecular weight is 313 g/mol. The van der Waals surface area contributed by atoms with E-state index in [-0.39, 0.29) is 11.9 Å². The fourth-order valence-corrected chi connectivity index (χ4v) is 2.47. The molecule has 0 fully saturated rings. The highest BCUT2D eigenvalue weighted by Gasteiger charge is 2.34. The van der Waals surface area contributed by atoms with Gasteiger partial charge in [-0.25, -0.2) is 4.79 Å². The number of ether oxygens (including phenoxy) is 1. The van der Waals surface area contributed by atoms with Crippen molar-refractivity contribution in [1.29, 1.82) is 0 Å². The number of amides is 1. The summed E-state index contributed by atoms with van der Waals surface area (Å²) in [5, 5.41) is 0. The third kappa shape index (κ3) is 7.81. The maximum absolute atomic E-state index is 12.6. The fraction of sp³-hybridized carbons (Fsp3) is 0.889. The predicted molar refractivity (Wildman–Crippen MR) is 90.6 cm³/mol. The number of nitrogens with zero attached hydrogens (tertiary/aromatic N) is 1. The van der Waals surface area contributed by atoms with E-state index in [1.807, 2.05) is 34.6 Å². The van der Waals surface area contributed by atoms with Crippen molar-refractivity contribution in [2.45, 2.75) is 92.2 Å². The smallest absolute Gasteiger partial charge is 0.328 e. The highest BCUT2D eigenvalue weighted by atomic mass is 16.5. The standard InChI is InChI=1S/C18H35NO3/c1-8-9-10-11-12-16(20)19(18(5,6)7)15(4)17(21)22-13-14(2)3/h14-15H,8-13H2,1-7H3. The van der Waals surface area contributed by atoms with Gasteiger partial charge in [-0.1, -0.05) is 40.0 Å². The van der Waals surface area contributed by atoms with Crippen molar-refractivity contribution in [3.63, 3.8) is 0 Å². The Labute approximate surface area is 136 Å². The van der Waals surface area contributed by atoms with E-state index in [9.17, 15) is 9.59 Å². The van der Waals surface area contributed by atoms with Crippen LogP contribution < -0.4 is 0 Å². The average Bonchev–Trinajstić information content (AvgIpc) is 2.39. The van der Waals surface area contributed by atoms with Gasteiger partial charge in [0.15, 0.2) is 0 Å². The normalized spacial score (nSPS) is 13.1. The maximum atomic E-state index is 12.6. The van der Waals surface area contributed by atoms with Crippen LogP contribution in [0.4, 0.5) is 0 Å². The van der Waals surface area contributed by atoms with Gasteiger partial charge in [0.25, 0.3) is 0 Å². The Morgan fingerprint density at radius 3 is 2.09 bits per heavy atom. The Balaban J connectivity index is 4.75. The molecule has 0 N–H and O–H groups in total. The zero-order chi connectivity index (χ0) is 17.3. The van der Waals surface area contributed by atoms with Crippen LogP contribution in [-0.4, -0.2) is 35.0 Å². The van der Waals surface area contributed by atoms with Gasteiger partial charge in [0, 0.05) is 12.0 Å². The van der Waals surface area contributed by atoms with Crippen LogP contribution in [-0.2, 0) is 14.3 Å². The third-order valence-electron chi connectivity index (χ3n) is 3.52. The van der Waals surface area contributed by atoms with E-state index in [1.165, 1.54) is 0 Å². The summed E-state index contributed by atoms with van der Waals surface area (Å²) in [6.07, 6.45) is 4.74. The van der Waals surface area contributed by atoms with Crippen LogP contribution in [0.2, 0.25) is 0 Å². The highest BCUT2D eigenvalue weighted by molar-refractivity contribution is 5.84. The monoisotopic (exact) mass is 313 g/mol. The van der Waals surface area contributed by atoms with Crippen molar-refractivity contribution >= 4 is 11.9 Å². The molecule has 22 heavy (non-hydrogen) atoms. The molecule has 4 nitrogen and oxygen atoms in total. The maximum Gasteiger partial charge on any atom is 0.328 e. The second-order valence-corrected chi connectivity index (χ2v) is 7.45. The van der Waals surface area contributed by atoms with E-state index in [0.717, 1.165) is 25.7 Å². The summed E-state index contributed by atoms with van der Waals surface area (Å²) in [5.41, 5.74) is -0.391. The van der Waals surface area contributed by atoms with Crippen molar-refractivity contribution in [1.82, 2.24) is 4.90 Å². The zero-order valence-electron chi connectivity index (χ0n) is 15.6.